The largest absolute Gasteiger partial charge is 0.439 e. The number of pyridine rings is 1. The maximum absolute atomic E-state index is 12.2. The monoisotopic (exact) mass is 348 g/mol. The van der Waals surface area contributed by atoms with E-state index in [4.69, 9.17) is 4.42 Å². The lowest BCUT2D eigenvalue weighted by Crippen LogP contribution is -2.34. The molecule has 0 bridgehead atoms. The predicted molar refractivity (Wildman–Crippen MR) is 96.9 cm³/mol. The Morgan fingerprint density at radius 2 is 2.04 bits per heavy atom. The second kappa shape index (κ2) is 7.09. The fraction of sp³-hybridized carbons (Fsp3) is 0.250. The normalized spacial score (nSPS) is 19.9. The Bertz CT molecular complexity index is 879. The molecule has 1 aromatic carbocycles. The molecule has 1 fully saturated rings. The van der Waals surface area contributed by atoms with E-state index < -0.39 is 0 Å². The average Bonchev–Trinajstić information content (AvgIpc) is 3.26. The van der Waals surface area contributed by atoms with Crippen molar-refractivity contribution in [2.45, 2.75) is 25.0 Å². The van der Waals surface area contributed by atoms with Gasteiger partial charge >= 0.3 is 0 Å². The van der Waals surface area contributed by atoms with E-state index in [9.17, 15) is 4.79 Å². The molecule has 1 aliphatic heterocycles. The molecule has 1 saturated heterocycles. The number of rotatable bonds is 5. The van der Waals surface area contributed by atoms with Crippen LogP contribution in [0.2, 0.25) is 0 Å². The van der Waals surface area contributed by atoms with Crippen molar-refractivity contribution in [1.82, 2.24) is 20.2 Å². The molecule has 3 heterocycles. The van der Waals surface area contributed by atoms with E-state index in [2.05, 4.69) is 15.3 Å². The molecule has 4 rings (SSSR count). The van der Waals surface area contributed by atoms with Crippen LogP contribution >= 0.6 is 0 Å². The number of carbonyl (C=O) groups excluding carboxylic acids is 1. The van der Waals surface area contributed by atoms with Gasteiger partial charge in [0, 0.05) is 37.5 Å². The van der Waals surface area contributed by atoms with E-state index in [-0.39, 0.29) is 18.0 Å². The van der Waals surface area contributed by atoms with Gasteiger partial charge in [0.15, 0.2) is 5.76 Å². The molecule has 132 valence electrons. The van der Waals surface area contributed by atoms with Crippen molar-refractivity contribution in [2.24, 2.45) is 0 Å². The minimum absolute atomic E-state index is 0.0104. The summed E-state index contributed by atoms with van der Waals surface area (Å²) in [6, 6.07) is 13.7. The molecule has 1 aliphatic rings. The molecule has 0 radical (unpaired) electrons. The maximum Gasteiger partial charge on any atom is 0.224 e. The molecule has 0 spiro atoms. The molecule has 26 heavy (non-hydrogen) atoms. The third-order valence-corrected chi connectivity index (χ3v) is 4.74. The quantitative estimate of drug-likeness (QED) is 0.768. The average molecular weight is 348 g/mol. The van der Waals surface area contributed by atoms with Gasteiger partial charge in [0.1, 0.15) is 0 Å². The van der Waals surface area contributed by atoms with E-state index in [1.165, 1.54) is 0 Å². The zero-order valence-electron chi connectivity index (χ0n) is 14.5. The number of nitrogens with one attached hydrogen (secondary N) is 1. The van der Waals surface area contributed by atoms with Crippen LogP contribution in [0.25, 0.3) is 11.3 Å². The van der Waals surface area contributed by atoms with Gasteiger partial charge in [-0.1, -0.05) is 36.4 Å². The van der Waals surface area contributed by atoms with E-state index >= 15 is 0 Å². The molecule has 1 N–H and O–H groups in total. The van der Waals surface area contributed by atoms with Gasteiger partial charge in [-0.15, -0.1) is 0 Å². The lowest BCUT2D eigenvalue weighted by atomic mass is 10.0. The summed E-state index contributed by atoms with van der Waals surface area (Å²) in [6.45, 7) is 0.468. The second-order valence-electron chi connectivity index (χ2n) is 6.41. The van der Waals surface area contributed by atoms with Crippen LogP contribution in [0.4, 0.5) is 0 Å². The molecule has 0 saturated carbocycles. The highest BCUT2D eigenvalue weighted by atomic mass is 16.4. The first-order valence-corrected chi connectivity index (χ1v) is 8.61. The summed E-state index contributed by atoms with van der Waals surface area (Å²) >= 11 is 0. The Labute approximate surface area is 151 Å². The predicted octanol–water partition coefficient (Wildman–Crippen LogP) is 2.80. The van der Waals surface area contributed by atoms with Crippen molar-refractivity contribution >= 4 is 5.91 Å². The number of oxazole rings is 1. The number of likely N-dealkylation sites (N-methyl/N-ethyl adjacent to an activating group) is 1. The molecule has 0 aliphatic carbocycles. The zero-order valence-corrected chi connectivity index (χ0v) is 14.5. The van der Waals surface area contributed by atoms with Crippen LogP contribution < -0.4 is 5.32 Å². The highest BCUT2D eigenvalue weighted by Crippen LogP contribution is 2.31. The molecule has 3 aromatic rings. The molecule has 6 nitrogen and oxygen atoms in total. The Kier molecular flexibility index (Phi) is 4.50. The number of hydrogen-bond acceptors (Lipinski definition) is 5. The van der Waals surface area contributed by atoms with Crippen LogP contribution in [0.5, 0.6) is 0 Å². The number of aromatic nitrogens is 2. The molecular formula is C20H20N4O2. The number of amides is 1. The van der Waals surface area contributed by atoms with Gasteiger partial charge < -0.3 is 14.6 Å². The highest BCUT2D eigenvalue weighted by Gasteiger charge is 2.38. The molecular weight excluding hydrogens is 328 g/mol. The number of hydrogen-bond donors (Lipinski definition) is 1. The third kappa shape index (κ3) is 3.23. The lowest BCUT2D eigenvalue weighted by molar-refractivity contribution is -0.127. The minimum Gasteiger partial charge on any atom is -0.439 e. The fourth-order valence-corrected chi connectivity index (χ4v) is 3.41. The number of likely N-dealkylation sites (tertiary alicyclic amines) is 1. The van der Waals surface area contributed by atoms with Crippen molar-refractivity contribution in [2.75, 3.05) is 7.05 Å². The van der Waals surface area contributed by atoms with E-state index in [0.29, 0.717) is 18.9 Å². The standard InChI is InChI=1S/C20H20N4O2/c1-24-19(25)10-16(20(24)15-8-5-9-21-11-15)22-13-18-23-12-17(26-18)14-6-3-2-4-7-14/h2-9,11-12,16,20,22H,10,13H2,1H3/t16-,20+/m1/s1. The SMILES string of the molecule is CN1C(=O)C[C@@H](NCc2ncc(-c3ccccc3)o2)[C@@H]1c1cccnc1. The van der Waals surface area contributed by atoms with Crippen LogP contribution in [0.15, 0.2) is 65.5 Å². The summed E-state index contributed by atoms with van der Waals surface area (Å²) in [6.07, 6.45) is 5.73. The molecule has 1 amide bonds. The fourth-order valence-electron chi connectivity index (χ4n) is 3.41. The number of benzene rings is 1. The summed E-state index contributed by atoms with van der Waals surface area (Å²) in [5.74, 6) is 1.47. The van der Waals surface area contributed by atoms with Gasteiger partial charge in [-0.25, -0.2) is 4.98 Å². The summed E-state index contributed by atoms with van der Waals surface area (Å²) in [4.78, 5) is 22.5. The van der Waals surface area contributed by atoms with E-state index in [0.717, 1.165) is 16.9 Å². The van der Waals surface area contributed by atoms with Gasteiger partial charge in [0.2, 0.25) is 11.8 Å². The van der Waals surface area contributed by atoms with Crippen molar-refractivity contribution in [3.63, 3.8) is 0 Å². The van der Waals surface area contributed by atoms with Gasteiger partial charge in [-0.3, -0.25) is 9.78 Å². The van der Waals surface area contributed by atoms with E-state index in [1.54, 1.807) is 17.3 Å². The van der Waals surface area contributed by atoms with Crippen molar-refractivity contribution in [3.05, 3.63) is 72.5 Å². The molecule has 0 unspecified atom stereocenters. The minimum atomic E-state index is -0.0419. The first-order chi connectivity index (χ1) is 12.7. The van der Waals surface area contributed by atoms with Crippen molar-refractivity contribution in [3.8, 4) is 11.3 Å². The van der Waals surface area contributed by atoms with E-state index in [1.807, 2.05) is 55.7 Å². The third-order valence-electron chi connectivity index (χ3n) is 4.74. The molecule has 2 aromatic heterocycles. The highest BCUT2D eigenvalue weighted by molar-refractivity contribution is 5.80. The summed E-state index contributed by atoms with van der Waals surface area (Å²) in [5.41, 5.74) is 2.02. The van der Waals surface area contributed by atoms with Gasteiger partial charge in [0.25, 0.3) is 0 Å². The smallest absolute Gasteiger partial charge is 0.224 e. The Morgan fingerprint density at radius 1 is 1.19 bits per heavy atom. The summed E-state index contributed by atoms with van der Waals surface area (Å²) in [5, 5.41) is 3.43. The van der Waals surface area contributed by atoms with Gasteiger partial charge in [0.05, 0.1) is 18.8 Å². The molecule has 6 heteroatoms. The topological polar surface area (TPSA) is 71.3 Å². The van der Waals surface area contributed by atoms with Gasteiger partial charge in [-0.05, 0) is 11.6 Å². The summed E-state index contributed by atoms with van der Waals surface area (Å²) < 4.78 is 5.84. The first-order valence-electron chi connectivity index (χ1n) is 8.61. The number of nitrogens with zero attached hydrogens (tertiary/aromatic N) is 3. The Balaban J connectivity index is 1.47. The zero-order chi connectivity index (χ0) is 17.9. The maximum atomic E-state index is 12.2. The second-order valence-corrected chi connectivity index (χ2v) is 6.41. The van der Waals surface area contributed by atoms with Crippen molar-refractivity contribution in [1.29, 1.82) is 0 Å². The van der Waals surface area contributed by atoms with Crippen LogP contribution in [0.3, 0.4) is 0 Å². The lowest BCUT2D eigenvalue weighted by Gasteiger charge is -2.25. The summed E-state index contributed by atoms with van der Waals surface area (Å²) in [7, 11) is 1.83. The Morgan fingerprint density at radius 3 is 2.81 bits per heavy atom. The van der Waals surface area contributed by atoms with Crippen LogP contribution in [-0.4, -0.2) is 33.9 Å². The molecule has 2 atom stereocenters. The van der Waals surface area contributed by atoms with Crippen LogP contribution in [0, 0.1) is 0 Å². The first kappa shape index (κ1) is 16.5. The van der Waals surface area contributed by atoms with Gasteiger partial charge in [-0.2, -0.15) is 0 Å². The van der Waals surface area contributed by atoms with Crippen LogP contribution in [-0.2, 0) is 11.3 Å². The van der Waals surface area contributed by atoms with Crippen LogP contribution in [0.1, 0.15) is 23.9 Å². The number of carbonyl (C=O) groups is 1. The Hall–Kier alpha value is -2.99. The van der Waals surface area contributed by atoms with Crippen molar-refractivity contribution < 1.29 is 9.21 Å².